The standard InChI is InChI=1S/C29H34N4O4S/c1-23-8-14-27(15-9-23)38(36,37)33(17-16-24-6-4-3-5-7-24)22-28(34)30-26-12-10-25(11-13-26)29(35)32-20-18-31(2)19-21-32/h3-15H,16-22H2,1-2H3,(H,30,34). The van der Waals surface area contributed by atoms with E-state index in [4.69, 9.17) is 0 Å². The number of piperazine rings is 1. The summed E-state index contributed by atoms with van der Waals surface area (Å²) >= 11 is 0. The molecule has 1 aliphatic rings. The molecule has 0 unspecified atom stereocenters. The van der Waals surface area contributed by atoms with Crippen molar-refractivity contribution in [1.29, 1.82) is 0 Å². The van der Waals surface area contributed by atoms with Gasteiger partial charge in [-0.1, -0.05) is 48.0 Å². The highest BCUT2D eigenvalue weighted by Crippen LogP contribution is 2.18. The van der Waals surface area contributed by atoms with Crippen LogP contribution in [0.1, 0.15) is 21.5 Å². The number of hydrogen-bond donors (Lipinski definition) is 1. The van der Waals surface area contributed by atoms with E-state index < -0.39 is 15.9 Å². The molecule has 9 heteroatoms. The van der Waals surface area contributed by atoms with E-state index in [0.717, 1.165) is 24.2 Å². The number of nitrogens with zero attached hydrogens (tertiary/aromatic N) is 3. The van der Waals surface area contributed by atoms with E-state index in [1.165, 1.54) is 4.31 Å². The Hall–Kier alpha value is -3.53. The van der Waals surface area contributed by atoms with Gasteiger partial charge < -0.3 is 15.1 Å². The van der Waals surface area contributed by atoms with Crippen molar-refractivity contribution in [3.8, 4) is 0 Å². The van der Waals surface area contributed by atoms with Crippen molar-refractivity contribution in [1.82, 2.24) is 14.1 Å². The van der Waals surface area contributed by atoms with Gasteiger partial charge in [0.15, 0.2) is 0 Å². The SMILES string of the molecule is Cc1ccc(S(=O)(=O)N(CCc2ccccc2)CC(=O)Nc2ccc(C(=O)N3CCN(C)CC3)cc2)cc1. The first kappa shape index (κ1) is 27.5. The molecule has 0 radical (unpaired) electrons. The Balaban J connectivity index is 1.44. The molecule has 1 fully saturated rings. The number of anilines is 1. The number of rotatable bonds is 9. The highest BCUT2D eigenvalue weighted by molar-refractivity contribution is 7.89. The molecule has 0 bridgehead atoms. The average Bonchev–Trinajstić information content (AvgIpc) is 2.92. The maximum atomic E-state index is 13.4. The van der Waals surface area contributed by atoms with E-state index in [0.29, 0.717) is 30.8 Å². The molecule has 1 aliphatic heterocycles. The summed E-state index contributed by atoms with van der Waals surface area (Å²) in [5.74, 6) is -0.487. The number of likely N-dealkylation sites (N-methyl/N-ethyl adjacent to an activating group) is 1. The first-order chi connectivity index (χ1) is 18.2. The van der Waals surface area contributed by atoms with Gasteiger partial charge in [0.2, 0.25) is 15.9 Å². The van der Waals surface area contributed by atoms with Crippen molar-refractivity contribution in [3.05, 3.63) is 95.6 Å². The van der Waals surface area contributed by atoms with E-state index in [1.54, 1.807) is 48.5 Å². The van der Waals surface area contributed by atoms with E-state index in [2.05, 4.69) is 10.2 Å². The zero-order valence-electron chi connectivity index (χ0n) is 21.8. The third-order valence-electron chi connectivity index (χ3n) is 6.68. The van der Waals surface area contributed by atoms with Crippen LogP contribution in [0.4, 0.5) is 5.69 Å². The number of benzene rings is 3. The van der Waals surface area contributed by atoms with Crippen LogP contribution >= 0.6 is 0 Å². The summed E-state index contributed by atoms with van der Waals surface area (Å²) in [4.78, 5) is 29.9. The molecule has 0 spiro atoms. The van der Waals surface area contributed by atoms with Crippen molar-refractivity contribution in [2.45, 2.75) is 18.2 Å². The van der Waals surface area contributed by atoms with Gasteiger partial charge in [-0.05, 0) is 62.4 Å². The molecule has 1 heterocycles. The highest BCUT2D eigenvalue weighted by Gasteiger charge is 2.27. The quantitative estimate of drug-likeness (QED) is 0.455. The fraction of sp³-hybridized carbons (Fsp3) is 0.310. The number of carbonyl (C=O) groups is 2. The van der Waals surface area contributed by atoms with Crippen molar-refractivity contribution in [3.63, 3.8) is 0 Å². The molecule has 2 amide bonds. The first-order valence-electron chi connectivity index (χ1n) is 12.7. The summed E-state index contributed by atoms with van der Waals surface area (Å²) in [6.45, 7) is 4.76. The van der Waals surface area contributed by atoms with Crippen LogP contribution in [0.3, 0.4) is 0 Å². The third-order valence-corrected chi connectivity index (χ3v) is 8.54. The molecule has 4 rings (SSSR count). The molecule has 0 aromatic heterocycles. The number of sulfonamides is 1. The zero-order valence-corrected chi connectivity index (χ0v) is 22.7. The van der Waals surface area contributed by atoms with Crippen molar-refractivity contribution < 1.29 is 18.0 Å². The second-order valence-electron chi connectivity index (χ2n) is 9.61. The number of nitrogens with one attached hydrogen (secondary N) is 1. The molecule has 38 heavy (non-hydrogen) atoms. The van der Waals surface area contributed by atoms with Crippen LogP contribution in [0.5, 0.6) is 0 Å². The van der Waals surface area contributed by atoms with Gasteiger partial charge in [-0.15, -0.1) is 0 Å². The summed E-state index contributed by atoms with van der Waals surface area (Å²) in [6, 6.07) is 22.9. The molecule has 8 nitrogen and oxygen atoms in total. The van der Waals surface area contributed by atoms with E-state index in [1.807, 2.05) is 49.2 Å². The van der Waals surface area contributed by atoms with Crippen LogP contribution in [-0.2, 0) is 21.2 Å². The molecule has 3 aromatic carbocycles. The van der Waals surface area contributed by atoms with Gasteiger partial charge >= 0.3 is 0 Å². The average molecular weight is 535 g/mol. The highest BCUT2D eigenvalue weighted by atomic mass is 32.2. The summed E-state index contributed by atoms with van der Waals surface area (Å²) < 4.78 is 28.1. The molecule has 0 saturated carbocycles. The van der Waals surface area contributed by atoms with Crippen LogP contribution in [-0.4, -0.2) is 80.7 Å². The number of hydrogen-bond acceptors (Lipinski definition) is 5. The van der Waals surface area contributed by atoms with Crippen molar-refractivity contribution >= 4 is 27.5 Å². The number of aryl methyl sites for hydroxylation is 1. The maximum absolute atomic E-state index is 13.4. The van der Waals surface area contributed by atoms with E-state index in [9.17, 15) is 18.0 Å². The van der Waals surface area contributed by atoms with Gasteiger partial charge in [0, 0.05) is 44.0 Å². The lowest BCUT2D eigenvalue weighted by Crippen LogP contribution is -2.47. The van der Waals surface area contributed by atoms with E-state index >= 15 is 0 Å². The number of carbonyl (C=O) groups excluding carboxylic acids is 2. The fourth-order valence-electron chi connectivity index (χ4n) is 4.29. The van der Waals surface area contributed by atoms with Crippen LogP contribution in [0.15, 0.2) is 83.8 Å². The van der Waals surface area contributed by atoms with E-state index in [-0.39, 0.29) is 23.9 Å². The summed E-state index contributed by atoms with van der Waals surface area (Å²) in [5.41, 5.74) is 2.99. The molecule has 0 aliphatic carbocycles. The number of amides is 2. The zero-order chi connectivity index (χ0) is 27.1. The smallest absolute Gasteiger partial charge is 0.253 e. The normalized spacial score (nSPS) is 14.4. The topological polar surface area (TPSA) is 90.0 Å². The minimum atomic E-state index is -3.89. The molecule has 3 aromatic rings. The van der Waals surface area contributed by atoms with Crippen molar-refractivity contribution in [2.75, 3.05) is 51.6 Å². The molecule has 200 valence electrons. The Morgan fingerprint density at radius 3 is 2.13 bits per heavy atom. The van der Waals surface area contributed by atoms with Crippen LogP contribution in [0, 0.1) is 6.92 Å². The Kier molecular flexibility index (Phi) is 8.93. The first-order valence-corrected chi connectivity index (χ1v) is 14.1. The lowest BCUT2D eigenvalue weighted by atomic mass is 10.1. The maximum Gasteiger partial charge on any atom is 0.253 e. The molecular weight excluding hydrogens is 500 g/mol. The summed E-state index contributed by atoms with van der Waals surface area (Å²) in [7, 11) is -1.85. The predicted octanol–water partition coefficient (Wildman–Crippen LogP) is 3.25. The monoisotopic (exact) mass is 534 g/mol. The van der Waals surface area contributed by atoms with Gasteiger partial charge in [-0.25, -0.2) is 8.42 Å². The van der Waals surface area contributed by atoms with Gasteiger partial charge in [0.05, 0.1) is 11.4 Å². The van der Waals surface area contributed by atoms with Crippen LogP contribution in [0.25, 0.3) is 0 Å². The van der Waals surface area contributed by atoms with Gasteiger partial charge in [0.1, 0.15) is 0 Å². The predicted molar refractivity (Wildman–Crippen MR) is 149 cm³/mol. The second-order valence-corrected chi connectivity index (χ2v) is 11.5. The minimum Gasteiger partial charge on any atom is -0.336 e. The lowest BCUT2D eigenvalue weighted by molar-refractivity contribution is -0.116. The third kappa shape index (κ3) is 7.06. The summed E-state index contributed by atoms with van der Waals surface area (Å²) in [6.07, 6.45) is 0.475. The van der Waals surface area contributed by atoms with Gasteiger partial charge in [-0.3, -0.25) is 9.59 Å². The summed E-state index contributed by atoms with van der Waals surface area (Å²) in [5, 5.41) is 2.78. The Morgan fingerprint density at radius 1 is 0.868 bits per heavy atom. The Morgan fingerprint density at radius 2 is 1.50 bits per heavy atom. The molecule has 0 atom stereocenters. The van der Waals surface area contributed by atoms with Crippen LogP contribution < -0.4 is 5.32 Å². The largest absolute Gasteiger partial charge is 0.336 e. The molecule has 1 N–H and O–H groups in total. The van der Waals surface area contributed by atoms with Crippen molar-refractivity contribution in [2.24, 2.45) is 0 Å². The molecule has 1 saturated heterocycles. The fourth-order valence-corrected chi connectivity index (χ4v) is 5.69. The Bertz CT molecular complexity index is 1340. The lowest BCUT2D eigenvalue weighted by Gasteiger charge is -2.32. The van der Waals surface area contributed by atoms with Crippen LogP contribution in [0.2, 0.25) is 0 Å². The molecular formula is C29H34N4O4S. The Labute approximate surface area is 224 Å². The van der Waals surface area contributed by atoms with Gasteiger partial charge in [0.25, 0.3) is 5.91 Å². The minimum absolute atomic E-state index is 0.0349. The second kappa shape index (κ2) is 12.3. The van der Waals surface area contributed by atoms with Gasteiger partial charge in [-0.2, -0.15) is 4.31 Å².